The van der Waals surface area contributed by atoms with Crippen molar-refractivity contribution in [3.8, 4) is 0 Å². The van der Waals surface area contributed by atoms with Crippen LogP contribution in [0.5, 0.6) is 0 Å². The average Bonchev–Trinajstić information content (AvgIpc) is 3.02. The highest BCUT2D eigenvalue weighted by molar-refractivity contribution is 6.54. The van der Waals surface area contributed by atoms with Gasteiger partial charge in [0.05, 0.1) is 17.9 Å². The summed E-state index contributed by atoms with van der Waals surface area (Å²) in [5, 5.41) is 0. The number of quaternary nitrogens is 1. The summed E-state index contributed by atoms with van der Waals surface area (Å²) in [5.74, 6) is 0.000728. The van der Waals surface area contributed by atoms with Crippen LogP contribution in [0.4, 0.5) is 11.4 Å². The molecule has 0 saturated carbocycles. The highest BCUT2D eigenvalue weighted by Crippen LogP contribution is 2.30. The lowest BCUT2D eigenvalue weighted by Crippen LogP contribution is -3.13. The van der Waals surface area contributed by atoms with E-state index < -0.39 is 0 Å². The van der Waals surface area contributed by atoms with Gasteiger partial charge in [-0.25, -0.2) is 4.99 Å². The Bertz CT molecular complexity index is 1160. The first-order chi connectivity index (χ1) is 14.6. The molecular formula is C26H26N3O+. The van der Waals surface area contributed by atoms with Crippen LogP contribution in [-0.4, -0.2) is 24.8 Å². The van der Waals surface area contributed by atoms with E-state index in [2.05, 4.69) is 44.2 Å². The third-order valence-corrected chi connectivity index (χ3v) is 6.32. The zero-order valence-corrected chi connectivity index (χ0v) is 17.5. The van der Waals surface area contributed by atoms with E-state index in [1.165, 1.54) is 27.2 Å². The van der Waals surface area contributed by atoms with Crippen molar-refractivity contribution < 1.29 is 9.69 Å². The third kappa shape index (κ3) is 3.33. The Labute approximate surface area is 177 Å². The summed E-state index contributed by atoms with van der Waals surface area (Å²) < 4.78 is 0. The summed E-state index contributed by atoms with van der Waals surface area (Å²) in [4.78, 5) is 21.5. The third-order valence-electron chi connectivity index (χ3n) is 6.32. The molecule has 30 heavy (non-hydrogen) atoms. The second kappa shape index (κ2) is 7.54. The number of hydrogen-bond acceptors (Lipinski definition) is 2. The van der Waals surface area contributed by atoms with Gasteiger partial charge >= 0.3 is 0 Å². The van der Waals surface area contributed by atoms with E-state index in [0.717, 1.165) is 36.4 Å². The van der Waals surface area contributed by atoms with Crippen molar-refractivity contribution in [1.82, 2.24) is 0 Å². The van der Waals surface area contributed by atoms with E-state index in [1.807, 2.05) is 41.3 Å². The first-order valence-electron chi connectivity index (χ1n) is 10.6. The van der Waals surface area contributed by atoms with Gasteiger partial charge in [-0.05, 0) is 48.7 Å². The molecule has 0 saturated heterocycles. The Balaban J connectivity index is 1.45. The monoisotopic (exact) mass is 396 g/mol. The minimum Gasteiger partial charge on any atom is -0.313 e. The van der Waals surface area contributed by atoms with E-state index in [4.69, 9.17) is 4.99 Å². The van der Waals surface area contributed by atoms with Gasteiger partial charge in [-0.3, -0.25) is 9.69 Å². The molecule has 1 unspecified atom stereocenters. The van der Waals surface area contributed by atoms with Crippen LogP contribution >= 0.6 is 0 Å². The summed E-state index contributed by atoms with van der Waals surface area (Å²) in [7, 11) is 0. The molecule has 0 fully saturated rings. The Kier molecular flexibility index (Phi) is 4.72. The normalized spacial score (nSPS) is 19.1. The Morgan fingerprint density at radius 2 is 1.70 bits per heavy atom. The predicted molar refractivity (Wildman–Crippen MR) is 121 cm³/mol. The number of anilines is 1. The van der Waals surface area contributed by atoms with Gasteiger partial charge in [0.1, 0.15) is 12.3 Å². The molecule has 4 nitrogen and oxygen atoms in total. The van der Waals surface area contributed by atoms with Crippen LogP contribution < -0.4 is 9.80 Å². The smallest absolute Gasteiger partial charge is 0.281 e. The van der Waals surface area contributed by atoms with Crippen LogP contribution in [0.2, 0.25) is 0 Å². The zero-order valence-electron chi connectivity index (χ0n) is 17.5. The molecule has 2 heterocycles. The largest absolute Gasteiger partial charge is 0.313 e. The van der Waals surface area contributed by atoms with Crippen molar-refractivity contribution >= 4 is 23.0 Å². The summed E-state index contributed by atoms with van der Waals surface area (Å²) in [6, 6.07) is 22.8. The van der Waals surface area contributed by atoms with E-state index in [1.54, 1.807) is 0 Å². The maximum absolute atomic E-state index is 13.4. The van der Waals surface area contributed by atoms with Gasteiger partial charge in [-0.2, -0.15) is 0 Å². The van der Waals surface area contributed by atoms with Gasteiger partial charge in [0.15, 0.2) is 6.67 Å². The summed E-state index contributed by atoms with van der Waals surface area (Å²) >= 11 is 0. The first kappa shape index (κ1) is 18.8. The van der Waals surface area contributed by atoms with Crippen molar-refractivity contribution in [2.24, 2.45) is 4.99 Å². The SMILES string of the molecule is Cc1ccc(N=C2C(=O)N(C[NH+]3CCc4ccccc4C3)c3ccccc32)cc1C. The molecule has 5 rings (SSSR count). The molecule has 0 bridgehead atoms. The number of aryl methyl sites for hydroxylation is 2. The Morgan fingerprint density at radius 3 is 2.53 bits per heavy atom. The quantitative estimate of drug-likeness (QED) is 0.724. The fourth-order valence-electron chi connectivity index (χ4n) is 4.45. The van der Waals surface area contributed by atoms with Crippen LogP contribution in [0, 0.1) is 13.8 Å². The van der Waals surface area contributed by atoms with Gasteiger partial charge in [-0.15, -0.1) is 0 Å². The second-order valence-electron chi connectivity index (χ2n) is 8.33. The zero-order chi connectivity index (χ0) is 20.7. The standard InChI is InChI=1S/C26H25N3O/c1-18-11-12-22(15-19(18)2)27-25-23-9-5-6-10-24(23)29(26(25)30)17-28-14-13-20-7-3-4-8-21(20)16-28/h3-12,15H,13-14,16-17H2,1-2H3/p+1. The Morgan fingerprint density at radius 1 is 0.933 bits per heavy atom. The van der Waals surface area contributed by atoms with Crippen molar-refractivity contribution in [2.45, 2.75) is 26.8 Å². The number of fused-ring (bicyclic) bond motifs is 2. The number of rotatable bonds is 3. The topological polar surface area (TPSA) is 37.1 Å². The number of benzene rings is 3. The molecule has 2 aliphatic heterocycles. The lowest BCUT2D eigenvalue weighted by molar-refractivity contribution is -0.914. The van der Waals surface area contributed by atoms with Crippen LogP contribution in [-0.2, 0) is 17.8 Å². The minimum absolute atomic E-state index is 0.000728. The van der Waals surface area contributed by atoms with Crippen molar-refractivity contribution in [2.75, 3.05) is 18.1 Å². The molecule has 2 aliphatic rings. The number of nitrogens with one attached hydrogen (secondary N) is 1. The fourth-order valence-corrected chi connectivity index (χ4v) is 4.45. The number of nitrogens with zero attached hydrogens (tertiary/aromatic N) is 2. The van der Waals surface area contributed by atoms with Crippen LogP contribution in [0.25, 0.3) is 0 Å². The second-order valence-corrected chi connectivity index (χ2v) is 8.33. The van der Waals surface area contributed by atoms with Gasteiger partial charge in [0.25, 0.3) is 5.91 Å². The highest BCUT2D eigenvalue weighted by atomic mass is 16.2. The molecule has 0 aliphatic carbocycles. The molecular weight excluding hydrogens is 370 g/mol. The molecule has 1 N–H and O–H groups in total. The van der Waals surface area contributed by atoms with Crippen LogP contribution in [0.15, 0.2) is 71.7 Å². The molecule has 3 aromatic carbocycles. The van der Waals surface area contributed by atoms with Crippen molar-refractivity contribution in [1.29, 1.82) is 0 Å². The van der Waals surface area contributed by atoms with Gasteiger partial charge < -0.3 is 4.90 Å². The first-order valence-corrected chi connectivity index (χ1v) is 10.6. The number of carbonyl (C=O) groups excluding carboxylic acids is 1. The van der Waals surface area contributed by atoms with Crippen molar-refractivity contribution in [3.05, 3.63) is 94.5 Å². The van der Waals surface area contributed by atoms with E-state index in [0.29, 0.717) is 12.4 Å². The molecule has 1 atom stereocenters. The van der Waals surface area contributed by atoms with Crippen LogP contribution in [0.3, 0.4) is 0 Å². The van der Waals surface area contributed by atoms with Gasteiger partial charge in [-0.1, -0.05) is 48.5 Å². The molecule has 150 valence electrons. The number of carbonyl (C=O) groups is 1. The van der Waals surface area contributed by atoms with Crippen LogP contribution in [0.1, 0.15) is 27.8 Å². The maximum atomic E-state index is 13.4. The number of hydrogen-bond donors (Lipinski definition) is 1. The van der Waals surface area contributed by atoms with Gasteiger partial charge in [0, 0.05) is 17.5 Å². The maximum Gasteiger partial charge on any atom is 0.281 e. The highest BCUT2D eigenvalue weighted by Gasteiger charge is 2.36. The average molecular weight is 397 g/mol. The summed E-state index contributed by atoms with van der Waals surface area (Å²) in [5.41, 5.74) is 8.52. The van der Waals surface area contributed by atoms with Crippen molar-refractivity contribution in [3.63, 3.8) is 0 Å². The number of para-hydroxylation sites is 1. The molecule has 4 heteroatoms. The summed E-state index contributed by atoms with van der Waals surface area (Å²) in [6.07, 6.45) is 1.05. The lowest BCUT2D eigenvalue weighted by atomic mass is 10.0. The molecule has 0 radical (unpaired) electrons. The lowest BCUT2D eigenvalue weighted by Gasteiger charge is -2.29. The summed E-state index contributed by atoms with van der Waals surface area (Å²) in [6.45, 7) is 6.81. The predicted octanol–water partition coefficient (Wildman–Crippen LogP) is 3.37. The molecule has 0 aromatic heterocycles. The van der Waals surface area contributed by atoms with E-state index in [9.17, 15) is 4.79 Å². The Hall–Kier alpha value is -3.24. The molecule has 1 amide bonds. The van der Waals surface area contributed by atoms with E-state index >= 15 is 0 Å². The van der Waals surface area contributed by atoms with E-state index in [-0.39, 0.29) is 5.91 Å². The fraction of sp³-hybridized carbons (Fsp3) is 0.231. The number of amides is 1. The molecule has 0 spiro atoms. The van der Waals surface area contributed by atoms with Gasteiger partial charge in [0.2, 0.25) is 0 Å². The molecule has 3 aromatic rings. The number of aliphatic imine (C=N–C) groups is 1. The minimum atomic E-state index is 0.000728.